The largest absolute Gasteiger partial charge is 0.497 e. The van der Waals surface area contributed by atoms with E-state index in [0.29, 0.717) is 30.3 Å². The van der Waals surface area contributed by atoms with Crippen LogP contribution in [0.1, 0.15) is 29.5 Å². The maximum atomic E-state index is 12.8. The van der Waals surface area contributed by atoms with Crippen LogP contribution in [0.15, 0.2) is 30.3 Å². The molecule has 7 nitrogen and oxygen atoms in total. The maximum absolute atomic E-state index is 12.8. The zero-order valence-corrected chi connectivity index (χ0v) is 19.6. The van der Waals surface area contributed by atoms with Gasteiger partial charge in [-0.05, 0) is 70.0 Å². The number of benzene rings is 2. The van der Waals surface area contributed by atoms with Crippen LogP contribution in [0.3, 0.4) is 0 Å². The number of carbonyl (C=O) groups excluding carboxylic acids is 2. The first kappa shape index (κ1) is 23.6. The van der Waals surface area contributed by atoms with Crippen LogP contribution in [-0.2, 0) is 9.59 Å². The van der Waals surface area contributed by atoms with Gasteiger partial charge in [-0.25, -0.2) is 0 Å². The predicted octanol–water partition coefficient (Wildman–Crippen LogP) is 3.92. The third kappa shape index (κ3) is 5.79. The van der Waals surface area contributed by atoms with E-state index in [1.54, 1.807) is 32.4 Å². The fourth-order valence-corrected chi connectivity index (χ4v) is 4.25. The van der Waals surface area contributed by atoms with Gasteiger partial charge >= 0.3 is 0 Å². The molecule has 0 spiro atoms. The fraction of sp³-hybridized carbons (Fsp3) is 0.440. The van der Waals surface area contributed by atoms with Gasteiger partial charge in [0.1, 0.15) is 11.5 Å². The summed E-state index contributed by atoms with van der Waals surface area (Å²) in [5.74, 6) is 1.12. The fourth-order valence-electron chi connectivity index (χ4n) is 4.25. The third-order valence-corrected chi connectivity index (χ3v) is 5.93. The first-order valence-corrected chi connectivity index (χ1v) is 10.9. The Morgan fingerprint density at radius 2 is 1.62 bits per heavy atom. The van der Waals surface area contributed by atoms with Crippen LogP contribution in [0.4, 0.5) is 11.4 Å². The summed E-state index contributed by atoms with van der Waals surface area (Å²) in [7, 11) is 3.14. The second-order valence-corrected chi connectivity index (χ2v) is 8.43. The molecule has 2 aromatic rings. The Morgan fingerprint density at radius 3 is 2.22 bits per heavy atom. The van der Waals surface area contributed by atoms with Crippen LogP contribution in [0.5, 0.6) is 11.5 Å². The quantitative estimate of drug-likeness (QED) is 0.684. The van der Waals surface area contributed by atoms with Crippen molar-refractivity contribution in [1.29, 1.82) is 0 Å². The first-order valence-electron chi connectivity index (χ1n) is 10.9. The highest BCUT2D eigenvalue weighted by Gasteiger charge is 2.26. The van der Waals surface area contributed by atoms with Crippen LogP contribution in [0.25, 0.3) is 0 Å². The minimum Gasteiger partial charge on any atom is -0.497 e. The molecule has 1 aliphatic heterocycles. The molecule has 32 heavy (non-hydrogen) atoms. The summed E-state index contributed by atoms with van der Waals surface area (Å²) in [6.07, 6.45) is 1.46. The summed E-state index contributed by atoms with van der Waals surface area (Å²) >= 11 is 0. The summed E-state index contributed by atoms with van der Waals surface area (Å²) in [6.45, 7) is 7.79. The molecule has 1 saturated heterocycles. The highest BCUT2D eigenvalue weighted by molar-refractivity contribution is 5.95. The van der Waals surface area contributed by atoms with Crippen LogP contribution < -0.4 is 20.1 Å². The lowest BCUT2D eigenvalue weighted by Crippen LogP contribution is -2.41. The molecule has 2 amide bonds. The minimum absolute atomic E-state index is 0.0453. The number of hydrogen-bond acceptors (Lipinski definition) is 5. The lowest BCUT2D eigenvalue weighted by atomic mass is 9.95. The number of carbonyl (C=O) groups is 2. The molecule has 7 heteroatoms. The molecule has 0 saturated carbocycles. The van der Waals surface area contributed by atoms with Gasteiger partial charge in [0.15, 0.2) is 0 Å². The smallest absolute Gasteiger partial charge is 0.238 e. The van der Waals surface area contributed by atoms with Crippen molar-refractivity contribution in [3.05, 3.63) is 47.0 Å². The van der Waals surface area contributed by atoms with E-state index in [1.807, 2.05) is 13.8 Å². The van der Waals surface area contributed by atoms with Crippen LogP contribution >= 0.6 is 0 Å². The monoisotopic (exact) mass is 439 g/mol. The highest BCUT2D eigenvalue weighted by Crippen LogP contribution is 2.29. The van der Waals surface area contributed by atoms with Crippen molar-refractivity contribution >= 4 is 23.2 Å². The molecule has 3 rings (SSSR count). The number of methoxy groups -OCH3 is 2. The van der Waals surface area contributed by atoms with E-state index in [4.69, 9.17) is 9.47 Å². The molecule has 172 valence electrons. The van der Waals surface area contributed by atoms with Crippen molar-refractivity contribution in [3.8, 4) is 11.5 Å². The summed E-state index contributed by atoms with van der Waals surface area (Å²) in [5.41, 5.74) is 4.88. The molecule has 0 radical (unpaired) electrons. The van der Waals surface area contributed by atoms with E-state index < -0.39 is 0 Å². The first-order chi connectivity index (χ1) is 15.3. The molecule has 2 aromatic carbocycles. The average molecular weight is 440 g/mol. The predicted molar refractivity (Wildman–Crippen MR) is 127 cm³/mol. The van der Waals surface area contributed by atoms with E-state index in [-0.39, 0.29) is 24.3 Å². The number of likely N-dealkylation sites (tertiary alicyclic amines) is 1. The number of anilines is 2. The zero-order valence-electron chi connectivity index (χ0n) is 19.6. The van der Waals surface area contributed by atoms with Crippen molar-refractivity contribution in [2.45, 2.75) is 33.6 Å². The Hall–Kier alpha value is -3.06. The molecule has 1 fully saturated rings. The summed E-state index contributed by atoms with van der Waals surface area (Å²) in [6, 6.07) is 9.45. The molecule has 0 aromatic heterocycles. The minimum atomic E-state index is -0.109. The van der Waals surface area contributed by atoms with Gasteiger partial charge in [0.25, 0.3) is 0 Å². The van der Waals surface area contributed by atoms with E-state index in [1.165, 1.54) is 5.56 Å². The van der Waals surface area contributed by atoms with Gasteiger partial charge in [0.05, 0.1) is 26.5 Å². The number of ether oxygens (including phenoxy) is 2. The second kappa shape index (κ2) is 10.5. The van der Waals surface area contributed by atoms with Gasteiger partial charge in [-0.2, -0.15) is 0 Å². The van der Waals surface area contributed by atoms with Crippen molar-refractivity contribution in [2.75, 3.05) is 44.5 Å². The van der Waals surface area contributed by atoms with E-state index in [9.17, 15) is 9.59 Å². The van der Waals surface area contributed by atoms with Crippen LogP contribution in [0.2, 0.25) is 0 Å². The van der Waals surface area contributed by atoms with Gasteiger partial charge in [0.2, 0.25) is 11.8 Å². The van der Waals surface area contributed by atoms with E-state index >= 15 is 0 Å². The maximum Gasteiger partial charge on any atom is 0.238 e. The zero-order chi connectivity index (χ0) is 23.3. The molecular formula is C25H33N3O4. The summed E-state index contributed by atoms with van der Waals surface area (Å²) in [4.78, 5) is 27.4. The molecule has 1 aliphatic rings. The van der Waals surface area contributed by atoms with Crippen molar-refractivity contribution in [1.82, 2.24) is 4.90 Å². The molecule has 0 aliphatic carbocycles. The van der Waals surface area contributed by atoms with Crippen molar-refractivity contribution in [2.24, 2.45) is 5.92 Å². The van der Waals surface area contributed by atoms with Gasteiger partial charge in [-0.3, -0.25) is 14.5 Å². The molecule has 1 heterocycles. The molecule has 0 atom stereocenters. The summed E-state index contributed by atoms with van der Waals surface area (Å²) < 4.78 is 10.5. The Balaban J connectivity index is 1.50. The Labute approximate surface area is 190 Å². The average Bonchev–Trinajstić information content (AvgIpc) is 2.76. The Kier molecular flexibility index (Phi) is 7.75. The number of hydrogen-bond donors (Lipinski definition) is 2. The van der Waals surface area contributed by atoms with E-state index in [0.717, 1.165) is 29.7 Å². The van der Waals surface area contributed by atoms with Gasteiger partial charge in [-0.1, -0.05) is 17.7 Å². The number of nitrogens with zero attached hydrogens (tertiary/aromatic N) is 1. The lowest BCUT2D eigenvalue weighted by Gasteiger charge is -2.31. The number of amides is 2. The molecule has 0 unspecified atom stereocenters. The number of nitrogens with one attached hydrogen (secondary N) is 2. The van der Waals surface area contributed by atoms with Crippen LogP contribution in [0, 0.1) is 26.7 Å². The SMILES string of the molecule is COc1ccc(NC(=O)CN2CCC(C(=O)Nc3c(C)cc(C)cc3C)CC2)c(OC)c1. The molecule has 0 bridgehead atoms. The van der Waals surface area contributed by atoms with Gasteiger partial charge in [-0.15, -0.1) is 0 Å². The second-order valence-electron chi connectivity index (χ2n) is 8.43. The summed E-state index contributed by atoms with van der Waals surface area (Å²) in [5, 5.41) is 6.03. The van der Waals surface area contributed by atoms with Crippen molar-refractivity contribution in [3.63, 3.8) is 0 Å². The van der Waals surface area contributed by atoms with Gasteiger partial charge < -0.3 is 20.1 Å². The lowest BCUT2D eigenvalue weighted by molar-refractivity contribution is -0.121. The number of piperidine rings is 1. The molecular weight excluding hydrogens is 406 g/mol. The van der Waals surface area contributed by atoms with Crippen molar-refractivity contribution < 1.29 is 19.1 Å². The number of rotatable bonds is 7. The topological polar surface area (TPSA) is 79.9 Å². The highest BCUT2D eigenvalue weighted by atomic mass is 16.5. The van der Waals surface area contributed by atoms with Gasteiger partial charge in [0, 0.05) is 17.7 Å². The Bertz CT molecular complexity index is 958. The normalized spacial score (nSPS) is 14.7. The third-order valence-electron chi connectivity index (χ3n) is 5.93. The standard InChI is InChI=1S/C25H33N3O4/c1-16-12-17(2)24(18(3)13-16)27-25(30)19-8-10-28(11-9-19)15-23(29)26-21-7-6-20(31-4)14-22(21)32-5/h6-7,12-14,19H,8-11,15H2,1-5H3,(H,26,29)(H,27,30). The molecule has 2 N–H and O–H groups in total. The number of aryl methyl sites for hydroxylation is 3. The van der Waals surface area contributed by atoms with E-state index in [2.05, 4.69) is 34.6 Å². The Morgan fingerprint density at radius 1 is 0.969 bits per heavy atom. The van der Waals surface area contributed by atoms with Crippen LogP contribution in [-0.4, -0.2) is 50.6 Å².